The Morgan fingerprint density at radius 1 is 0.800 bits per heavy atom. The van der Waals surface area contributed by atoms with Gasteiger partial charge in [0.15, 0.2) is 0 Å². The number of piperazine rings is 3. The van der Waals surface area contributed by atoms with E-state index in [1.165, 1.54) is 65.9 Å². The lowest BCUT2D eigenvalue weighted by Gasteiger charge is -2.54. The summed E-state index contributed by atoms with van der Waals surface area (Å²) in [6.07, 6.45) is 1.15. The Hall–Kier alpha value is -0.280. The second kappa shape index (κ2) is 6.65. The van der Waals surface area contributed by atoms with Crippen molar-refractivity contribution in [2.45, 2.75) is 19.9 Å². The smallest absolute Gasteiger partial charge is 0.129 e. The molecular formula is C16H26Cl2N2. The van der Waals surface area contributed by atoms with Crippen molar-refractivity contribution in [3.05, 3.63) is 35.4 Å². The van der Waals surface area contributed by atoms with Crippen molar-refractivity contribution >= 4 is 0 Å². The van der Waals surface area contributed by atoms with E-state index < -0.39 is 0 Å². The second-order valence-corrected chi connectivity index (χ2v) is 6.63. The molecule has 3 saturated heterocycles. The molecular weight excluding hydrogens is 291 g/mol. The fraction of sp³-hybridized carbons (Fsp3) is 0.625. The first kappa shape index (κ1) is 17.8. The lowest BCUT2D eigenvalue weighted by atomic mass is 10.0. The maximum atomic E-state index is 2.43. The molecule has 1 aromatic rings. The molecule has 0 aromatic heterocycles. The van der Waals surface area contributed by atoms with Crippen molar-refractivity contribution < 1.29 is 33.8 Å². The third-order valence-corrected chi connectivity index (χ3v) is 5.29. The van der Waals surface area contributed by atoms with Gasteiger partial charge in [-0.25, -0.2) is 0 Å². The zero-order valence-electron chi connectivity index (χ0n) is 12.6. The molecule has 20 heavy (non-hydrogen) atoms. The van der Waals surface area contributed by atoms with Crippen LogP contribution in [0.2, 0.25) is 0 Å². The van der Waals surface area contributed by atoms with Crippen LogP contribution in [0.15, 0.2) is 24.3 Å². The van der Waals surface area contributed by atoms with Crippen molar-refractivity contribution in [1.82, 2.24) is 0 Å². The van der Waals surface area contributed by atoms with E-state index in [1.54, 1.807) is 0 Å². The van der Waals surface area contributed by atoms with Crippen LogP contribution in [-0.2, 0) is 13.0 Å². The normalized spacial score (nSPS) is 31.3. The third-order valence-electron chi connectivity index (χ3n) is 5.29. The monoisotopic (exact) mass is 316 g/mol. The minimum Gasteiger partial charge on any atom is -1.00 e. The predicted molar refractivity (Wildman–Crippen MR) is 75.2 cm³/mol. The summed E-state index contributed by atoms with van der Waals surface area (Å²) in [6, 6.07) is 9.32. The lowest BCUT2D eigenvalue weighted by molar-refractivity contribution is -1.08. The molecule has 0 amide bonds. The van der Waals surface area contributed by atoms with Crippen molar-refractivity contribution in [1.29, 1.82) is 0 Å². The molecule has 3 heterocycles. The van der Waals surface area contributed by atoms with Gasteiger partial charge in [-0.3, -0.25) is 0 Å². The molecule has 0 aliphatic carbocycles. The lowest BCUT2D eigenvalue weighted by Crippen LogP contribution is -3.00. The average molecular weight is 317 g/mol. The summed E-state index contributed by atoms with van der Waals surface area (Å²) in [5, 5.41) is 0. The van der Waals surface area contributed by atoms with Gasteiger partial charge in [-0.15, -0.1) is 0 Å². The number of hydrogen-bond donors (Lipinski definition) is 0. The molecule has 0 radical (unpaired) electrons. The Morgan fingerprint density at radius 2 is 1.25 bits per heavy atom. The summed E-state index contributed by atoms with van der Waals surface area (Å²) in [6.45, 7) is 11.8. The van der Waals surface area contributed by atoms with Crippen LogP contribution in [0.3, 0.4) is 0 Å². The van der Waals surface area contributed by atoms with Crippen LogP contribution >= 0.6 is 0 Å². The Balaban J connectivity index is 0.000001000. The highest BCUT2D eigenvalue weighted by atomic mass is 35.5. The van der Waals surface area contributed by atoms with Crippen LogP contribution in [-0.4, -0.2) is 55.3 Å². The van der Waals surface area contributed by atoms with Gasteiger partial charge in [-0.1, -0.05) is 31.2 Å². The van der Waals surface area contributed by atoms with Gasteiger partial charge < -0.3 is 33.8 Å². The topological polar surface area (TPSA) is 0 Å². The van der Waals surface area contributed by atoms with Crippen molar-refractivity contribution in [3.8, 4) is 0 Å². The second-order valence-electron chi connectivity index (χ2n) is 6.63. The molecule has 3 fully saturated rings. The van der Waals surface area contributed by atoms with Gasteiger partial charge in [0, 0.05) is 5.56 Å². The van der Waals surface area contributed by atoms with Crippen LogP contribution in [0.1, 0.15) is 18.1 Å². The van der Waals surface area contributed by atoms with Crippen molar-refractivity contribution in [2.75, 3.05) is 46.3 Å². The van der Waals surface area contributed by atoms with Gasteiger partial charge in [0.2, 0.25) is 0 Å². The summed E-state index contributed by atoms with van der Waals surface area (Å²) >= 11 is 0. The largest absolute Gasteiger partial charge is 1.00 e. The first-order valence-corrected chi connectivity index (χ1v) is 7.40. The molecule has 0 spiro atoms. The molecule has 4 heteroatoms. The summed E-state index contributed by atoms with van der Waals surface area (Å²) < 4.78 is 2.67. The zero-order chi connectivity index (χ0) is 12.6. The average Bonchev–Trinajstić information content (AvgIpc) is 2.42. The molecule has 2 bridgehead atoms. The molecule has 0 atom stereocenters. The highest BCUT2D eigenvalue weighted by Crippen LogP contribution is 2.27. The van der Waals surface area contributed by atoms with E-state index in [2.05, 4.69) is 38.2 Å². The molecule has 2 nitrogen and oxygen atoms in total. The van der Waals surface area contributed by atoms with E-state index in [9.17, 15) is 0 Å². The number of hydrogen-bond acceptors (Lipinski definition) is 0. The maximum absolute atomic E-state index is 2.43. The number of fused-ring (bicyclic) bond motifs is 3. The number of rotatable bonds is 3. The molecule has 3 aliphatic heterocycles. The Kier molecular flexibility index (Phi) is 5.91. The number of nitrogens with zero attached hydrogens (tertiary/aromatic N) is 2. The van der Waals surface area contributed by atoms with Crippen LogP contribution < -0.4 is 24.8 Å². The van der Waals surface area contributed by atoms with Crippen LogP contribution in [0, 0.1) is 0 Å². The fourth-order valence-electron chi connectivity index (χ4n) is 3.54. The fourth-order valence-corrected chi connectivity index (χ4v) is 3.54. The highest BCUT2D eigenvalue weighted by Gasteiger charge is 2.46. The molecule has 0 unspecified atom stereocenters. The van der Waals surface area contributed by atoms with E-state index in [0.29, 0.717) is 0 Å². The zero-order valence-corrected chi connectivity index (χ0v) is 14.1. The van der Waals surface area contributed by atoms with Crippen LogP contribution in [0.25, 0.3) is 0 Å². The van der Waals surface area contributed by atoms with Gasteiger partial charge in [-0.2, -0.15) is 0 Å². The number of aryl methyl sites for hydroxylation is 1. The quantitative estimate of drug-likeness (QED) is 0.499. The maximum Gasteiger partial charge on any atom is 0.129 e. The van der Waals surface area contributed by atoms with Gasteiger partial charge in [0.25, 0.3) is 0 Å². The first-order valence-electron chi connectivity index (χ1n) is 7.40. The number of quaternary nitrogens is 2. The molecule has 114 valence electrons. The molecule has 0 N–H and O–H groups in total. The minimum atomic E-state index is 0. The first-order chi connectivity index (χ1) is 8.63. The third kappa shape index (κ3) is 3.48. The predicted octanol–water partition coefficient (Wildman–Crippen LogP) is -3.95. The number of halogens is 2. The van der Waals surface area contributed by atoms with E-state index >= 15 is 0 Å². The summed E-state index contributed by atoms with van der Waals surface area (Å²) in [4.78, 5) is 0. The number of likely N-dealkylation sites (N-methyl/N-ethyl adjacent to an activating group) is 1. The highest BCUT2D eigenvalue weighted by molar-refractivity contribution is 5.21. The molecule has 1 aromatic carbocycles. The van der Waals surface area contributed by atoms with E-state index in [-0.39, 0.29) is 24.8 Å². The Labute approximate surface area is 135 Å². The Morgan fingerprint density at radius 3 is 1.70 bits per heavy atom. The van der Waals surface area contributed by atoms with Gasteiger partial charge in [0.05, 0.1) is 7.05 Å². The molecule has 3 aliphatic rings. The van der Waals surface area contributed by atoms with Gasteiger partial charge in [0.1, 0.15) is 45.8 Å². The molecule has 0 saturated carbocycles. The van der Waals surface area contributed by atoms with Crippen LogP contribution in [0.4, 0.5) is 0 Å². The molecule has 4 rings (SSSR count). The van der Waals surface area contributed by atoms with Gasteiger partial charge in [-0.05, 0) is 12.0 Å². The Bertz CT molecular complexity index is 406. The van der Waals surface area contributed by atoms with Crippen molar-refractivity contribution in [2.24, 2.45) is 0 Å². The number of benzene rings is 1. The van der Waals surface area contributed by atoms with E-state index in [4.69, 9.17) is 0 Å². The summed E-state index contributed by atoms with van der Waals surface area (Å²) in [7, 11) is 2.43. The standard InChI is InChI=1S/C16H26N2.2ClH/c1-3-15-4-6-16(7-5-15)14-18-11-8-17(2,9-12-18)10-13-18;;/h4-7H,3,8-14H2,1-2H3;2*1H/q+2;;/p-2. The summed E-state index contributed by atoms with van der Waals surface area (Å²) in [5.74, 6) is 0. The summed E-state index contributed by atoms with van der Waals surface area (Å²) in [5.41, 5.74) is 2.99. The van der Waals surface area contributed by atoms with Gasteiger partial charge >= 0.3 is 0 Å². The van der Waals surface area contributed by atoms with Crippen molar-refractivity contribution in [3.63, 3.8) is 0 Å². The van der Waals surface area contributed by atoms with Crippen LogP contribution in [0.5, 0.6) is 0 Å². The van der Waals surface area contributed by atoms with E-state index in [1.807, 2.05) is 0 Å². The SMILES string of the molecule is CCc1ccc(C[N+]23CC[N+](C)(CC2)CC3)cc1.[Cl-].[Cl-]. The minimum absolute atomic E-state index is 0. The van der Waals surface area contributed by atoms with E-state index in [0.717, 1.165) is 6.42 Å².